The van der Waals surface area contributed by atoms with Gasteiger partial charge in [-0.2, -0.15) is 0 Å². The van der Waals surface area contributed by atoms with Crippen molar-refractivity contribution >= 4 is 39.3 Å². The normalized spacial score (nSPS) is 20.3. The Bertz CT molecular complexity index is 1170. The minimum Gasteiger partial charge on any atom is -0.460 e. The molecule has 3 rings (SSSR count). The molecule has 0 radical (unpaired) electrons. The van der Waals surface area contributed by atoms with Gasteiger partial charge in [-0.25, -0.2) is 22.4 Å². The van der Waals surface area contributed by atoms with Gasteiger partial charge in [-0.05, 0) is 73.1 Å². The molecule has 1 fully saturated rings. The lowest BCUT2D eigenvalue weighted by molar-refractivity contribution is -0.159. The Morgan fingerprint density at radius 3 is 2.49 bits per heavy atom. The molecule has 0 aromatic heterocycles. The fraction of sp³-hybridized carbons (Fsp3) is 0.440. The van der Waals surface area contributed by atoms with Crippen LogP contribution in [0.25, 0.3) is 0 Å². The van der Waals surface area contributed by atoms with Gasteiger partial charge in [0.25, 0.3) is 10.0 Å². The Labute approximate surface area is 210 Å². The quantitative estimate of drug-likeness (QED) is 0.461. The Balaban J connectivity index is 1.65. The Hall–Kier alpha value is -2.65. The van der Waals surface area contributed by atoms with Crippen molar-refractivity contribution in [3.63, 3.8) is 0 Å². The number of esters is 2. The van der Waals surface area contributed by atoms with Crippen molar-refractivity contribution < 1.29 is 31.9 Å². The number of ether oxygens (including phenoxy) is 2. The highest BCUT2D eigenvalue weighted by molar-refractivity contribution is 7.92. The van der Waals surface area contributed by atoms with Crippen LogP contribution in [-0.2, 0) is 24.3 Å². The van der Waals surface area contributed by atoms with Crippen LogP contribution >= 0.6 is 11.6 Å². The Morgan fingerprint density at radius 1 is 1.14 bits per heavy atom. The zero-order chi connectivity index (χ0) is 25.8. The third-order valence-electron chi connectivity index (χ3n) is 6.13. The zero-order valence-corrected chi connectivity index (χ0v) is 21.4. The maximum atomic E-state index is 13.1. The molecule has 190 valence electrons. The summed E-state index contributed by atoms with van der Waals surface area (Å²) in [6.07, 6.45) is 2.58. The van der Waals surface area contributed by atoms with Gasteiger partial charge in [0.1, 0.15) is 11.9 Å². The van der Waals surface area contributed by atoms with Gasteiger partial charge in [0.2, 0.25) is 0 Å². The number of nitrogens with one attached hydrogen (secondary N) is 1. The highest BCUT2D eigenvalue weighted by atomic mass is 35.5. The summed E-state index contributed by atoms with van der Waals surface area (Å²) >= 11 is 6.09. The molecule has 0 saturated heterocycles. The number of benzene rings is 2. The number of rotatable bonds is 8. The predicted molar refractivity (Wildman–Crippen MR) is 130 cm³/mol. The minimum atomic E-state index is -4.10. The lowest BCUT2D eigenvalue weighted by Crippen LogP contribution is -2.36. The molecule has 2 aromatic carbocycles. The van der Waals surface area contributed by atoms with E-state index >= 15 is 0 Å². The summed E-state index contributed by atoms with van der Waals surface area (Å²) in [6.45, 7) is 5.69. The van der Waals surface area contributed by atoms with Gasteiger partial charge in [-0.15, -0.1) is 0 Å². The highest BCUT2D eigenvalue weighted by Gasteiger charge is 2.33. The number of carbonyl (C=O) groups excluding carboxylic acids is 2. The largest absolute Gasteiger partial charge is 0.460 e. The lowest BCUT2D eigenvalue weighted by Gasteiger charge is -2.36. The SMILES string of the molecule is CC1CCC(C(C)C)C(OC(=O)COC(=O)c2cc(S(=O)(=O)Nc3ccc(F)cc3)ccc2Cl)C1. The molecule has 1 saturated carbocycles. The Morgan fingerprint density at radius 2 is 1.83 bits per heavy atom. The molecule has 0 bridgehead atoms. The second kappa shape index (κ2) is 11.4. The van der Waals surface area contributed by atoms with E-state index in [0.29, 0.717) is 11.8 Å². The molecule has 10 heteroatoms. The second-order valence-corrected chi connectivity index (χ2v) is 11.3. The maximum Gasteiger partial charge on any atom is 0.344 e. The molecule has 0 amide bonds. The fourth-order valence-electron chi connectivity index (χ4n) is 4.22. The molecule has 0 aliphatic heterocycles. The number of anilines is 1. The summed E-state index contributed by atoms with van der Waals surface area (Å²) in [5.41, 5.74) is -0.0715. The van der Waals surface area contributed by atoms with E-state index in [9.17, 15) is 22.4 Å². The van der Waals surface area contributed by atoms with Crippen molar-refractivity contribution in [2.24, 2.45) is 17.8 Å². The molecular formula is C25H29ClFNO6S. The fourth-order valence-corrected chi connectivity index (χ4v) is 5.49. The first kappa shape index (κ1) is 26.9. The van der Waals surface area contributed by atoms with Crippen molar-refractivity contribution in [3.8, 4) is 0 Å². The average Bonchev–Trinajstić information content (AvgIpc) is 2.79. The van der Waals surface area contributed by atoms with Gasteiger partial charge in [-0.1, -0.05) is 38.8 Å². The number of hydrogen-bond acceptors (Lipinski definition) is 6. The number of sulfonamides is 1. The van der Waals surface area contributed by atoms with E-state index in [-0.39, 0.29) is 33.2 Å². The van der Waals surface area contributed by atoms with Crippen molar-refractivity contribution in [2.45, 2.75) is 51.0 Å². The second-order valence-electron chi connectivity index (χ2n) is 9.18. The highest BCUT2D eigenvalue weighted by Crippen LogP contribution is 2.35. The molecule has 3 unspecified atom stereocenters. The third kappa shape index (κ3) is 7.18. The van der Waals surface area contributed by atoms with E-state index in [1.54, 1.807) is 0 Å². The molecule has 35 heavy (non-hydrogen) atoms. The molecule has 0 heterocycles. The zero-order valence-electron chi connectivity index (χ0n) is 19.8. The van der Waals surface area contributed by atoms with Crippen LogP contribution in [0.2, 0.25) is 5.02 Å². The van der Waals surface area contributed by atoms with Gasteiger partial charge in [0.05, 0.1) is 15.5 Å². The van der Waals surface area contributed by atoms with Gasteiger partial charge in [-0.3, -0.25) is 4.72 Å². The van der Waals surface area contributed by atoms with E-state index < -0.39 is 34.4 Å². The Kier molecular flexibility index (Phi) is 8.77. The predicted octanol–water partition coefficient (Wildman–Crippen LogP) is 5.44. The van der Waals surface area contributed by atoms with Crippen LogP contribution in [-0.4, -0.2) is 33.1 Å². The van der Waals surface area contributed by atoms with E-state index in [4.69, 9.17) is 21.1 Å². The lowest BCUT2D eigenvalue weighted by atomic mass is 9.75. The molecule has 0 spiro atoms. The van der Waals surface area contributed by atoms with E-state index in [2.05, 4.69) is 25.5 Å². The summed E-state index contributed by atoms with van der Waals surface area (Å²) in [7, 11) is -4.10. The smallest absolute Gasteiger partial charge is 0.344 e. The van der Waals surface area contributed by atoms with E-state index in [1.807, 2.05) is 0 Å². The summed E-state index contributed by atoms with van der Waals surface area (Å²) in [5, 5.41) is -0.0370. The van der Waals surface area contributed by atoms with Crippen LogP contribution in [0.3, 0.4) is 0 Å². The van der Waals surface area contributed by atoms with Gasteiger partial charge < -0.3 is 9.47 Å². The summed E-state index contributed by atoms with van der Waals surface area (Å²) < 4.78 is 51.5. The number of carbonyl (C=O) groups is 2. The standard InChI is InChI=1S/C25H29ClFNO6S/c1-15(2)20-10-4-16(3)12-23(20)34-24(29)14-33-25(30)21-13-19(9-11-22(21)26)35(31,32)28-18-7-5-17(27)6-8-18/h5-9,11,13,15-16,20,23,28H,4,10,12,14H2,1-3H3. The van der Waals surface area contributed by atoms with Gasteiger partial charge in [0, 0.05) is 5.69 Å². The topological polar surface area (TPSA) is 98.8 Å². The summed E-state index contributed by atoms with van der Waals surface area (Å²) in [5.74, 6) is -1.09. The van der Waals surface area contributed by atoms with Crippen LogP contribution in [0.15, 0.2) is 47.4 Å². The van der Waals surface area contributed by atoms with Crippen molar-refractivity contribution in [3.05, 3.63) is 58.9 Å². The van der Waals surface area contributed by atoms with E-state index in [1.165, 1.54) is 24.3 Å². The summed E-state index contributed by atoms with van der Waals surface area (Å²) in [6, 6.07) is 8.26. The first-order valence-corrected chi connectivity index (χ1v) is 13.3. The summed E-state index contributed by atoms with van der Waals surface area (Å²) in [4.78, 5) is 24.7. The van der Waals surface area contributed by atoms with Gasteiger partial charge in [0.15, 0.2) is 6.61 Å². The first-order chi connectivity index (χ1) is 16.5. The minimum absolute atomic E-state index is 0.0370. The van der Waals surface area contributed by atoms with Crippen LogP contribution in [0.1, 0.15) is 50.4 Å². The monoisotopic (exact) mass is 525 g/mol. The molecule has 1 aliphatic carbocycles. The van der Waals surface area contributed by atoms with Crippen LogP contribution in [0.4, 0.5) is 10.1 Å². The van der Waals surface area contributed by atoms with E-state index in [0.717, 1.165) is 37.5 Å². The van der Waals surface area contributed by atoms with Crippen LogP contribution < -0.4 is 4.72 Å². The molecular weight excluding hydrogens is 497 g/mol. The molecule has 2 aromatic rings. The molecule has 1 N–H and O–H groups in total. The number of hydrogen-bond donors (Lipinski definition) is 1. The van der Waals surface area contributed by atoms with Crippen LogP contribution in [0.5, 0.6) is 0 Å². The van der Waals surface area contributed by atoms with Crippen molar-refractivity contribution in [2.75, 3.05) is 11.3 Å². The van der Waals surface area contributed by atoms with Crippen LogP contribution in [0, 0.1) is 23.6 Å². The molecule has 7 nitrogen and oxygen atoms in total. The third-order valence-corrected chi connectivity index (χ3v) is 7.84. The maximum absolute atomic E-state index is 13.1. The van der Waals surface area contributed by atoms with Crippen molar-refractivity contribution in [1.29, 1.82) is 0 Å². The average molecular weight is 526 g/mol. The van der Waals surface area contributed by atoms with Gasteiger partial charge >= 0.3 is 11.9 Å². The van der Waals surface area contributed by atoms with Crippen molar-refractivity contribution in [1.82, 2.24) is 0 Å². The molecule has 1 aliphatic rings. The first-order valence-electron chi connectivity index (χ1n) is 11.4. The molecule has 3 atom stereocenters. The number of halogens is 2.